The number of ketones is 1. The van der Waals surface area contributed by atoms with Crippen LogP contribution in [-0.4, -0.2) is 31.1 Å². The molecule has 0 bridgehead atoms. The molecule has 4 rings (SSSR count). The van der Waals surface area contributed by atoms with Crippen molar-refractivity contribution in [1.29, 1.82) is 0 Å². The molecule has 0 N–H and O–H groups in total. The Morgan fingerprint density at radius 1 is 1.20 bits per heavy atom. The van der Waals surface area contributed by atoms with E-state index in [0.717, 1.165) is 29.4 Å². The Hall–Kier alpha value is -2.21. The third-order valence-corrected chi connectivity index (χ3v) is 5.59. The Kier molecular flexibility index (Phi) is 4.29. The van der Waals surface area contributed by atoms with Crippen molar-refractivity contribution in [2.24, 2.45) is 0 Å². The van der Waals surface area contributed by atoms with Crippen molar-refractivity contribution in [3.05, 3.63) is 52.8 Å². The van der Waals surface area contributed by atoms with Crippen LogP contribution in [0, 0.1) is 6.92 Å². The Morgan fingerprint density at radius 2 is 2.00 bits per heavy atom. The topological polar surface area (TPSA) is 60.1 Å². The van der Waals surface area contributed by atoms with E-state index in [1.54, 1.807) is 22.5 Å². The minimum atomic E-state index is 0.138. The molecular weight excluding hydrogens is 332 g/mol. The first-order chi connectivity index (χ1) is 12.1. The second-order valence-corrected chi connectivity index (χ2v) is 7.59. The summed E-state index contributed by atoms with van der Waals surface area (Å²) in [7, 11) is 0. The monoisotopic (exact) mass is 352 g/mol. The van der Waals surface area contributed by atoms with Crippen molar-refractivity contribution in [2.45, 2.75) is 44.2 Å². The first-order valence-corrected chi connectivity index (χ1v) is 9.61. The van der Waals surface area contributed by atoms with Crippen LogP contribution in [0.15, 0.2) is 35.6 Å². The highest BCUT2D eigenvalue weighted by atomic mass is 32.2. The lowest BCUT2D eigenvalue weighted by molar-refractivity contribution is 0.0962. The van der Waals surface area contributed by atoms with Gasteiger partial charge in [-0.1, -0.05) is 48.5 Å². The van der Waals surface area contributed by atoms with Gasteiger partial charge in [-0.3, -0.25) is 4.79 Å². The van der Waals surface area contributed by atoms with Gasteiger partial charge in [0.1, 0.15) is 0 Å². The smallest absolute Gasteiger partial charge is 0.253 e. The third-order valence-electron chi connectivity index (χ3n) is 4.55. The maximum Gasteiger partial charge on any atom is 0.253 e. The second-order valence-electron chi connectivity index (χ2n) is 6.53. The van der Waals surface area contributed by atoms with E-state index < -0.39 is 0 Å². The van der Waals surface area contributed by atoms with Gasteiger partial charge in [-0.2, -0.15) is 4.98 Å². The predicted molar refractivity (Wildman–Crippen MR) is 98.4 cm³/mol. The number of nitrogens with zero attached hydrogens (tertiary/aromatic N) is 4. The summed E-state index contributed by atoms with van der Waals surface area (Å²) in [5.41, 5.74) is 3.96. The van der Waals surface area contributed by atoms with Gasteiger partial charge in [0, 0.05) is 18.4 Å². The Morgan fingerprint density at radius 3 is 2.76 bits per heavy atom. The molecule has 0 radical (unpaired) electrons. The van der Waals surface area contributed by atoms with Gasteiger partial charge >= 0.3 is 0 Å². The molecular formula is C19H20N4OS. The number of Topliss-reactive ketones (excluding diaryl/α,β-unsaturated/α-hetero) is 1. The number of carbonyl (C=O) groups excluding carboxylic acids is 1. The van der Waals surface area contributed by atoms with Gasteiger partial charge in [-0.25, -0.2) is 9.50 Å². The summed E-state index contributed by atoms with van der Waals surface area (Å²) in [5, 5.41) is 5.15. The summed E-state index contributed by atoms with van der Waals surface area (Å²) in [6, 6.07) is 8.43. The summed E-state index contributed by atoms with van der Waals surface area (Å²) in [5.74, 6) is 1.88. The highest BCUT2D eigenvalue weighted by Crippen LogP contribution is 2.32. The Balaban J connectivity index is 1.67. The molecule has 5 nitrogen and oxygen atoms in total. The summed E-state index contributed by atoms with van der Waals surface area (Å²) in [6.45, 7) is 4.20. The number of hydrogen-bond acceptors (Lipinski definition) is 5. The van der Waals surface area contributed by atoms with Gasteiger partial charge in [0.25, 0.3) is 5.78 Å². The molecule has 0 fully saturated rings. The molecule has 1 aliphatic rings. The lowest BCUT2D eigenvalue weighted by Gasteiger charge is -2.23. The van der Waals surface area contributed by atoms with Crippen LogP contribution in [0.5, 0.6) is 0 Å². The summed E-state index contributed by atoms with van der Waals surface area (Å²) in [6.07, 6.45) is 4.16. The number of aromatic nitrogens is 4. The molecule has 0 amide bonds. The predicted octanol–water partition coefficient (Wildman–Crippen LogP) is 3.85. The highest BCUT2D eigenvalue weighted by molar-refractivity contribution is 7.99. The summed E-state index contributed by atoms with van der Waals surface area (Å²) >= 11 is 1.62. The summed E-state index contributed by atoms with van der Waals surface area (Å²) in [4.78, 5) is 21.8. The van der Waals surface area contributed by atoms with E-state index >= 15 is 0 Å². The quantitative estimate of drug-likeness (QED) is 0.668. The Bertz CT molecular complexity index is 932. The standard InChI is InChI=1S/C19H20N4OS/c1-3-8-25-19-21-18-20-16-9-14(13-6-4-12(2)5-7-13)10-17(24)15(16)11-23(18)22-19/h4-7,11,14H,3,8-10H2,1-2H3. The van der Waals surface area contributed by atoms with Crippen LogP contribution in [0.3, 0.4) is 0 Å². The lowest BCUT2D eigenvalue weighted by Crippen LogP contribution is -2.21. The zero-order chi connectivity index (χ0) is 17.4. The maximum absolute atomic E-state index is 12.7. The molecule has 25 heavy (non-hydrogen) atoms. The van der Waals surface area contributed by atoms with Gasteiger partial charge in [0.05, 0.1) is 11.3 Å². The van der Waals surface area contributed by atoms with E-state index in [1.165, 1.54) is 11.1 Å². The molecule has 0 aliphatic heterocycles. The van der Waals surface area contributed by atoms with Crippen LogP contribution in [0.4, 0.5) is 0 Å². The highest BCUT2D eigenvalue weighted by Gasteiger charge is 2.28. The van der Waals surface area contributed by atoms with Crippen LogP contribution in [0.1, 0.15) is 52.9 Å². The maximum atomic E-state index is 12.7. The lowest BCUT2D eigenvalue weighted by atomic mass is 9.82. The van der Waals surface area contributed by atoms with Crippen molar-refractivity contribution < 1.29 is 4.79 Å². The number of benzene rings is 1. The van der Waals surface area contributed by atoms with Gasteiger partial charge in [-0.15, -0.1) is 5.10 Å². The minimum Gasteiger partial charge on any atom is -0.294 e. The van der Waals surface area contributed by atoms with E-state index in [1.807, 2.05) is 0 Å². The first kappa shape index (κ1) is 16.3. The fourth-order valence-electron chi connectivity index (χ4n) is 3.19. The van der Waals surface area contributed by atoms with Crippen LogP contribution < -0.4 is 0 Å². The van der Waals surface area contributed by atoms with E-state index in [-0.39, 0.29) is 11.7 Å². The van der Waals surface area contributed by atoms with E-state index in [2.05, 4.69) is 53.2 Å². The number of thioether (sulfide) groups is 1. The fourth-order valence-corrected chi connectivity index (χ4v) is 3.87. The Labute approximate surface area is 150 Å². The second kappa shape index (κ2) is 6.59. The van der Waals surface area contributed by atoms with Gasteiger partial charge in [-0.05, 0) is 31.2 Å². The number of aryl methyl sites for hydroxylation is 1. The molecule has 2 aromatic heterocycles. The number of rotatable bonds is 4. The van der Waals surface area contributed by atoms with Crippen molar-refractivity contribution in [3.63, 3.8) is 0 Å². The largest absolute Gasteiger partial charge is 0.294 e. The molecule has 1 aromatic carbocycles. The van der Waals surface area contributed by atoms with E-state index in [0.29, 0.717) is 17.8 Å². The van der Waals surface area contributed by atoms with Gasteiger partial charge in [0.15, 0.2) is 5.78 Å². The van der Waals surface area contributed by atoms with Crippen molar-refractivity contribution in [2.75, 3.05) is 5.75 Å². The fraction of sp³-hybridized carbons (Fsp3) is 0.368. The zero-order valence-corrected chi connectivity index (χ0v) is 15.2. The number of carbonyl (C=O) groups is 1. The number of hydrogen-bond donors (Lipinski definition) is 0. The van der Waals surface area contributed by atoms with Crippen LogP contribution in [0.25, 0.3) is 5.78 Å². The van der Waals surface area contributed by atoms with E-state index in [4.69, 9.17) is 0 Å². The molecule has 6 heteroatoms. The third kappa shape index (κ3) is 3.18. The van der Waals surface area contributed by atoms with Gasteiger partial charge in [0.2, 0.25) is 5.16 Å². The normalized spacial score (nSPS) is 17.0. The molecule has 1 unspecified atom stereocenters. The molecule has 3 aromatic rings. The van der Waals surface area contributed by atoms with Crippen LogP contribution >= 0.6 is 11.8 Å². The molecule has 0 saturated carbocycles. The number of fused-ring (bicyclic) bond motifs is 2. The summed E-state index contributed by atoms with van der Waals surface area (Å²) < 4.78 is 1.64. The van der Waals surface area contributed by atoms with Crippen LogP contribution in [-0.2, 0) is 6.42 Å². The molecule has 1 aliphatic carbocycles. The molecule has 0 spiro atoms. The molecule has 128 valence electrons. The van der Waals surface area contributed by atoms with Crippen LogP contribution in [0.2, 0.25) is 0 Å². The molecule has 2 heterocycles. The molecule has 1 atom stereocenters. The minimum absolute atomic E-state index is 0.138. The van der Waals surface area contributed by atoms with Crippen molar-refractivity contribution in [3.8, 4) is 0 Å². The zero-order valence-electron chi connectivity index (χ0n) is 14.4. The van der Waals surface area contributed by atoms with E-state index in [9.17, 15) is 4.79 Å². The van der Waals surface area contributed by atoms with Crippen molar-refractivity contribution in [1.82, 2.24) is 19.6 Å². The van der Waals surface area contributed by atoms with Gasteiger partial charge < -0.3 is 0 Å². The van der Waals surface area contributed by atoms with Crippen molar-refractivity contribution >= 4 is 23.3 Å². The average molecular weight is 352 g/mol. The molecule has 0 saturated heterocycles. The SMILES string of the molecule is CCCSc1nc2nc3c(cn2n1)C(=O)CC(c1ccc(C)cc1)C3. The first-order valence-electron chi connectivity index (χ1n) is 8.63. The average Bonchev–Trinajstić information content (AvgIpc) is 3.00.